The van der Waals surface area contributed by atoms with Gasteiger partial charge in [0.2, 0.25) is 0 Å². The van der Waals surface area contributed by atoms with Gasteiger partial charge in [-0.05, 0) is 55.8 Å². The van der Waals surface area contributed by atoms with Crippen LogP contribution in [0.5, 0.6) is 11.5 Å². The largest absolute Gasteiger partial charge is 0.490 e. The number of ether oxygens (including phenoxy) is 2. The third-order valence-electron chi connectivity index (χ3n) is 4.30. The van der Waals surface area contributed by atoms with E-state index >= 15 is 0 Å². The van der Waals surface area contributed by atoms with E-state index in [1.807, 2.05) is 86.6 Å². The van der Waals surface area contributed by atoms with Gasteiger partial charge in [-0.2, -0.15) is 0 Å². The molecule has 0 heterocycles. The molecule has 3 rings (SSSR count). The molecular formula is C24H27N3O3. The molecule has 0 aliphatic heterocycles. The first-order valence-corrected chi connectivity index (χ1v) is 9.93. The smallest absolute Gasteiger partial charge is 0.262 e. The van der Waals surface area contributed by atoms with Crippen molar-refractivity contribution in [3.8, 4) is 11.5 Å². The molecule has 0 unspecified atom stereocenters. The van der Waals surface area contributed by atoms with Gasteiger partial charge in [0.05, 0.1) is 6.61 Å². The Morgan fingerprint density at radius 1 is 0.867 bits per heavy atom. The number of benzene rings is 3. The maximum absolute atomic E-state index is 12.2. The summed E-state index contributed by atoms with van der Waals surface area (Å²) in [6.07, 6.45) is 0. The van der Waals surface area contributed by atoms with Crippen molar-refractivity contribution in [3.05, 3.63) is 83.9 Å². The SMILES string of the molecule is CCOc1cc(CNNc2ccccc2)ccc1OCC(=O)Nc1ccc(C)cc1. The molecule has 156 valence electrons. The maximum Gasteiger partial charge on any atom is 0.262 e. The lowest BCUT2D eigenvalue weighted by molar-refractivity contribution is -0.118. The van der Waals surface area contributed by atoms with Crippen LogP contribution in [0.2, 0.25) is 0 Å². The number of amides is 1. The Labute approximate surface area is 177 Å². The van der Waals surface area contributed by atoms with E-state index in [4.69, 9.17) is 9.47 Å². The Morgan fingerprint density at radius 2 is 1.63 bits per heavy atom. The van der Waals surface area contributed by atoms with E-state index in [1.165, 1.54) is 0 Å². The molecule has 0 saturated heterocycles. The Hall–Kier alpha value is -3.51. The number of carbonyl (C=O) groups excluding carboxylic acids is 1. The molecule has 0 saturated carbocycles. The van der Waals surface area contributed by atoms with Gasteiger partial charge in [-0.1, -0.05) is 42.0 Å². The number of rotatable bonds is 10. The monoisotopic (exact) mass is 405 g/mol. The highest BCUT2D eigenvalue weighted by molar-refractivity contribution is 5.91. The summed E-state index contributed by atoms with van der Waals surface area (Å²) in [6.45, 7) is 4.92. The van der Waals surface area contributed by atoms with Gasteiger partial charge in [-0.15, -0.1) is 0 Å². The van der Waals surface area contributed by atoms with Crippen molar-refractivity contribution in [1.29, 1.82) is 0 Å². The van der Waals surface area contributed by atoms with Crippen LogP contribution in [0.3, 0.4) is 0 Å². The molecule has 6 nitrogen and oxygen atoms in total. The lowest BCUT2D eigenvalue weighted by atomic mass is 10.2. The highest BCUT2D eigenvalue weighted by Crippen LogP contribution is 2.28. The summed E-state index contributed by atoms with van der Waals surface area (Å²) in [6, 6.07) is 23.2. The van der Waals surface area contributed by atoms with Crippen molar-refractivity contribution in [2.45, 2.75) is 20.4 Å². The van der Waals surface area contributed by atoms with Crippen LogP contribution in [0.4, 0.5) is 11.4 Å². The van der Waals surface area contributed by atoms with Crippen molar-refractivity contribution >= 4 is 17.3 Å². The summed E-state index contributed by atoms with van der Waals surface area (Å²) in [7, 11) is 0. The second-order valence-corrected chi connectivity index (χ2v) is 6.76. The van der Waals surface area contributed by atoms with Gasteiger partial charge >= 0.3 is 0 Å². The number of anilines is 2. The molecule has 0 atom stereocenters. The zero-order valence-corrected chi connectivity index (χ0v) is 17.3. The normalized spacial score (nSPS) is 10.3. The molecule has 0 aromatic heterocycles. The Bertz CT molecular complexity index is 944. The highest BCUT2D eigenvalue weighted by atomic mass is 16.5. The van der Waals surface area contributed by atoms with Crippen LogP contribution >= 0.6 is 0 Å². The predicted molar refractivity (Wildman–Crippen MR) is 120 cm³/mol. The Balaban J connectivity index is 1.54. The van der Waals surface area contributed by atoms with Crippen LogP contribution in [-0.2, 0) is 11.3 Å². The summed E-state index contributed by atoms with van der Waals surface area (Å²) in [5.74, 6) is 0.925. The Kier molecular flexibility index (Phi) is 7.69. The van der Waals surface area contributed by atoms with Crippen LogP contribution in [0, 0.1) is 6.92 Å². The van der Waals surface area contributed by atoms with Gasteiger partial charge in [0, 0.05) is 17.9 Å². The summed E-state index contributed by atoms with van der Waals surface area (Å²) in [5.41, 5.74) is 10.2. The average molecular weight is 405 g/mol. The van der Waals surface area contributed by atoms with Crippen molar-refractivity contribution < 1.29 is 14.3 Å². The number of nitrogens with one attached hydrogen (secondary N) is 3. The summed E-state index contributed by atoms with van der Waals surface area (Å²) in [4.78, 5) is 12.2. The quantitative estimate of drug-likeness (QED) is 0.432. The molecule has 3 aromatic carbocycles. The zero-order chi connectivity index (χ0) is 21.2. The van der Waals surface area contributed by atoms with Crippen LogP contribution in [0.15, 0.2) is 72.8 Å². The van der Waals surface area contributed by atoms with E-state index in [-0.39, 0.29) is 12.5 Å². The van der Waals surface area contributed by atoms with E-state index in [9.17, 15) is 4.79 Å². The van der Waals surface area contributed by atoms with E-state index < -0.39 is 0 Å². The minimum absolute atomic E-state index is 0.0961. The maximum atomic E-state index is 12.2. The highest BCUT2D eigenvalue weighted by Gasteiger charge is 2.10. The lowest BCUT2D eigenvalue weighted by Gasteiger charge is -2.14. The number of hydrazine groups is 1. The van der Waals surface area contributed by atoms with Gasteiger partial charge in [0.15, 0.2) is 18.1 Å². The third kappa shape index (κ3) is 6.53. The molecule has 0 radical (unpaired) electrons. The van der Waals surface area contributed by atoms with Gasteiger partial charge in [-0.3, -0.25) is 4.79 Å². The molecule has 30 heavy (non-hydrogen) atoms. The van der Waals surface area contributed by atoms with E-state index in [2.05, 4.69) is 16.2 Å². The fraction of sp³-hybridized carbons (Fsp3) is 0.208. The Morgan fingerprint density at radius 3 is 2.37 bits per heavy atom. The van der Waals surface area contributed by atoms with Crippen molar-refractivity contribution in [1.82, 2.24) is 5.43 Å². The zero-order valence-electron chi connectivity index (χ0n) is 17.3. The second kappa shape index (κ2) is 10.9. The summed E-state index contributed by atoms with van der Waals surface area (Å²) in [5, 5.41) is 2.82. The molecule has 6 heteroatoms. The summed E-state index contributed by atoms with van der Waals surface area (Å²) < 4.78 is 11.4. The minimum atomic E-state index is -0.223. The number of para-hydroxylation sites is 1. The number of aryl methyl sites for hydroxylation is 1. The van der Waals surface area contributed by atoms with Crippen molar-refractivity contribution in [3.63, 3.8) is 0 Å². The molecule has 3 aromatic rings. The molecule has 0 fully saturated rings. The van der Waals surface area contributed by atoms with Crippen LogP contribution in [0.25, 0.3) is 0 Å². The first-order chi connectivity index (χ1) is 14.6. The van der Waals surface area contributed by atoms with Crippen LogP contribution < -0.4 is 25.6 Å². The number of hydrogen-bond acceptors (Lipinski definition) is 5. The van der Waals surface area contributed by atoms with Gasteiger partial charge < -0.3 is 20.2 Å². The lowest BCUT2D eigenvalue weighted by Crippen LogP contribution is -2.21. The molecule has 0 aliphatic carbocycles. The molecule has 0 spiro atoms. The fourth-order valence-corrected chi connectivity index (χ4v) is 2.80. The van der Waals surface area contributed by atoms with Crippen molar-refractivity contribution in [2.24, 2.45) is 0 Å². The van der Waals surface area contributed by atoms with Gasteiger partial charge in [0.1, 0.15) is 0 Å². The first-order valence-electron chi connectivity index (χ1n) is 9.93. The van der Waals surface area contributed by atoms with Gasteiger partial charge in [-0.25, -0.2) is 5.43 Å². The molecular weight excluding hydrogens is 378 g/mol. The number of carbonyl (C=O) groups is 1. The topological polar surface area (TPSA) is 71.6 Å². The molecule has 0 aliphatic rings. The number of hydrogen-bond donors (Lipinski definition) is 3. The van der Waals surface area contributed by atoms with E-state index in [1.54, 1.807) is 0 Å². The first kappa shape index (κ1) is 21.2. The van der Waals surface area contributed by atoms with Crippen LogP contribution in [-0.4, -0.2) is 19.1 Å². The van der Waals surface area contributed by atoms with E-state index in [0.717, 1.165) is 22.5 Å². The van der Waals surface area contributed by atoms with E-state index in [0.29, 0.717) is 24.7 Å². The second-order valence-electron chi connectivity index (χ2n) is 6.76. The summed E-state index contributed by atoms with van der Waals surface area (Å²) >= 11 is 0. The average Bonchev–Trinajstić information content (AvgIpc) is 2.76. The fourth-order valence-electron chi connectivity index (χ4n) is 2.80. The molecule has 1 amide bonds. The van der Waals surface area contributed by atoms with Gasteiger partial charge in [0.25, 0.3) is 5.91 Å². The van der Waals surface area contributed by atoms with Crippen LogP contribution in [0.1, 0.15) is 18.1 Å². The molecule has 3 N–H and O–H groups in total. The minimum Gasteiger partial charge on any atom is -0.490 e. The standard InChI is InChI=1S/C24H27N3O3/c1-3-29-23-15-19(16-25-27-21-7-5-4-6-8-21)11-14-22(23)30-17-24(28)26-20-12-9-18(2)10-13-20/h4-15,25,27H,3,16-17H2,1-2H3,(H,26,28). The third-order valence-corrected chi connectivity index (χ3v) is 4.30. The van der Waals surface area contributed by atoms with Crippen molar-refractivity contribution in [2.75, 3.05) is 24.0 Å². The molecule has 0 bridgehead atoms. The predicted octanol–water partition coefficient (Wildman–Crippen LogP) is 4.53.